The number of fused-ring (bicyclic) bond motifs is 3. The van der Waals surface area contributed by atoms with Crippen molar-refractivity contribution < 1.29 is 4.74 Å². The Kier molecular flexibility index (Phi) is 4.89. The highest BCUT2D eigenvalue weighted by atomic mass is 16.5. The van der Waals surface area contributed by atoms with E-state index in [-0.39, 0.29) is 6.04 Å². The summed E-state index contributed by atoms with van der Waals surface area (Å²) in [6.45, 7) is 3.22. The standard InChI is InChI=1S/C28H30N6O/c29-22-13-28(14-22)8-10-33(11-9-28)27-30-15-21(16-31-27)20-6-7-23-24(12-20)34-25(17-35-18-26(34)32-23)19-4-2-1-3-5-19/h1-7,12,15-16,22,25H,8-11,13-14,17-18,29H2/t25-/m1/s1. The first-order valence-electron chi connectivity index (χ1n) is 12.6. The van der Waals surface area contributed by atoms with Crippen molar-refractivity contribution in [3.05, 3.63) is 72.3 Å². The van der Waals surface area contributed by atoms with E-state index < -0.39 is 0 Å². The van der Waals surface area contributed by atoms with E-state index in [1.807, 2.05) is 18.5 Å². The van der Waals surface area contributed by atoms with Gasteiger partial charge in [-0.25, -0.2) is 15.0 Å². The van der Waals surface area contributed by atoms with Crippen LogP contribution in [0.2, 0.25) is 0 Å². The van der Waals surface area contributed by atoms with Gasteiger partial charge in [-0.2, -0.15) is 0 Å². The summed E-state index contributed by atoms with van der Waals surface area (Å²) in [5.41, 5.74) is 12.0. The molecule has 1 saturated carbocycles. The maximum Gasteiger partial charge on any atom is 0.225 e. The van der Waals surface area contributed by atoms with Crippen LogP contribution in [0.4, 0.5) is 5.95 Å². The zero-order chi connectivity index (χ0) is 23.4. The molecule has 2 aromatic heterocycles. The molecule has 1 saturated heterocycles. The Morgan fingerprint density at radius 3 is 2.46 bits per heavy atom. The molecule has 0 radical (unpaired) electrons. The molecule has 3 aliphatic rings. The van der Waals surface area contributed by atoms with Gasteiger partial charge in [-0.3, -0.25) is 0 Å². The quantitative estimate of drug-likeness (QED) is 0.484. The minimum absolute atomic E-state index is 0.117. The van der Waals surface area contributed by atoms with Gasteiger partial charge in [0.25, 0.3) is 0 Å². The number of piperidine rings is 1. The number of aromatic nitrogens is 4. The van der Waals surface area contributed by atoms with Crippen LogP contribution in [0.15, 0.2) is 60.9 Å². The van der Waals surface area contributed by atoms with Gasteiger partial charge in [0.05, 0.1) is 23.7 Å². The molecule has 0 bridgehead atoms. The molecule has 2 N–H and O–H groups in total. The molecule has 35 heavy (non-hydrogen) atoms. The number of ether oxygens (including phenoxy) is 1. The van der Waals surface area contributed by atoms with Gasteiger partial charge in [0.15, 0.2) is 0 Å². The number of hydrogen-bond acceptors (Lipinski definition) is 6. The molecular weight excluding hydrogens is 436 g/mol. The fraction of sp³-hybridized carbons (Fsp3) is 0.393. The molecule has 4 heterocycles. The van der Waals surface area contributed by atoms with Gasteiger partial charge in [0.1, 0.15) is 12.4 Å². The Morgan fingerprint density at radius 1 is 0.943 bits per heavy atom. The second kappa shape index (κ2) is 8.14. The van der Waals surface area contributed by atoms with E-state index in [0.717, 1.165) is 47.0 Å². The van der Waals surface area contributed by atoms with Crippen molar-refractivity contribution in [3.63, 3.8) is 0 Å². The molecule has 7 heteroatoms. The lowest BCUT2D eigenvalue weighted by molar-refractivity contribution is 0.0679. The third kappa shape index (κ3) is 3.61. The van der Waals surface area contributed by atoms with Gasteiger partial charge in [0.2, 0.25) is 5.95 Å². The van der Waals surface area contributed by atoms with Gasteiger partial charge in [-0.05, 0) is 54.4 Å². The number of rotatable bonds is 3. The highest BCUT2D eigenvalue weighted by Crippen LogP contribution is 2.48. The van der Waals surface area contributed by atoms with Crippen LogP contribution in [0.25, 0.3) is 22.2 Å². The smallest absolute Gasteiger partial charge is 0.225 e. The zero-order valence-electron chi connectivity index (χ0n) is 19.8. The summed E-state index contributed by atoms with van der Waals surface area (Å²) in [5.74, 6) is 1.80. The van der Waals surface area contributed by atoms with Crippen LogP contribution in [0.1, 0.15) is 43.1 Å². The summed E-state index contributed by atoms with van der Waals surface area (Å²) in [7, 11) is 0. The maximum absolute atomic E-state index is 6.05. The number of hydrogen-bond donors (Lipinski definition) is 1. The van der Waals surface area contributed by atoms with Crippen LogP contribution in [-0.4, -0.2) is 45.3 Å². The Labute approximate surface area is 205 Å². The third-order valence-corrected chi connectivity index (χ3v) is 8.23. The highest BCUT2D eigenvalue weighted by Gasteiger charge is 2.44. The average molecular weight is 467 g/mol. The molecule has 7 nitrogen and oxygen atoms in total. The summed E-state index contributed by atoms with van der Waals surface area (Å²) in [5, 5.41) is 0. The summed E-state index contributed by atoms with van der Waals surface area (Å²) in [4.78, 5) is 16.7. The predicted octanol–water partition coefficient (Wildman–Crippen LogP) is 4.32. The van der Waals surface area contributed by atoms with Gasteiger partial charge < -0.3 is 19.9 Å². The summed E-state index contributed by atoms with van der Waals surface area (Å²) in [6.07, 6.45) is 8.66. The molecule has 1 aliphatic carbocycles. The summed E-state index contributed by atoms with van der Waals surface area (Å²) in [6, 6.07) is 17.5. The largest absolute Gasteiger partial charge is 0.371 e. The first-order chi connectivity index (χ1) is 17.2. The average Bonchev–Trinajstić information content (AvgIpc) is 3.27. The Morgan fingerprint density at radius 2 is 1.71 bits per heavy atom. The first kappa shape index (κ1) is 21.0. The summed E-state index contributed by atoms with van der Waals surface area (Å²) >= 11 is 0. The number of benzene rings is 2. The fourth-order valence-corrected chi connectivity index (χ4v) is 6.30. The predicted molar refractivity (Wildman–Crippen MR) is 136 cm³/mol. The van der Waals surface area contributed by atoms with Crippen LogP contribution in [0.5, 0.6) is 0 Å². The molecule has 2 aliphatic heterocycles. The molecule has 0 amide bonds. The molecule has 2 aromatic carbocycles. The van der Waals surface area contributed by atoms with E-state index in [0.29, 0.717) is 24.7 Å². The molecular formula is C28H30N6O. The lowest BCUT2D eigenvalue weighted by atomic mass is 9.61. The number of anilines is 1. The minimum Gasteiger partial charge on any atom is -0.371 e. The van der Waals surface area contributed by atoms with Crippen molar-refractivity contribution in [2.24, 2.45) is 11.1 Å². The molecule has 1 atom stereocenters. The molecule has 7 rings (SSSR count). The molecule has 2 fully saturated rings. The number of nitrogens with two attached hydrogens (primary N) is 1. The molecule has 4 aromatic rings. The van der Waals surface area contributed by atoms with Crippen molar-refractivity contribution in [2.75, 3.05) is 24.6 Å². The van der Waals surface area contributed by atoms with Gasteiger partial charge >= 0.3 is 0 Å². The van der Waals surface area contributed by atoms with E-state index in [2.05, 4.69) is 51.9 Å². The van der Waals surface area contributed by atoms with Crippen LogP contribution >= 0.6 is 0 Å². The monoisotopic (exact) mass is 466 g/mol. The Balaban J connectivity index is 1.16. The van der Waals surface area contributed by atoms with Crippen LogP contribution < -0.4 is 10.6 Å². The van der Waals surface area contributed by atoms with Crippen molar-refractivity contribution >= 4 is 17.0 Å². The van der Waals surface area contributed by atoms with Gasteiger partial charge in [0, 0.05) is 37.1 Å². The molecule has 178 valence electrons. The topological polar surface area (TPSA) is 82.1 Å². The van der Waals surface area contributed by atoms with Crippen molar-refractivity contribution in [1.29, 1.82) is 0 Å². The van der Waals surface area contributed by atoms with Crippen molar-refractivity contribution in [1.82, 2.24) is 19.5 Å². The van der Waals surface area contributed by atoms with E-state index in [1.54, 1.807) is 0 Å². The van der Waals surface area contributed by atoms with Crippen LogP contribution in [0.3, 0.4) is 0 Å². The lowest BCUT2D eigenvalue weighted by Gasteiger charge is -2.51. The van der Waals surface area contributed by atoms with Crippen molar-refractivity contribution in [2.45, 2.75) is 44.4 Å². The minimum atomic E-state index is 0.117. The second-order valence-corrected chi connectivity index (χ2v) is 10.5. The van der Waals surface area contributed by atoms with E-state index in [1.165, 1.54) is 31.2 Å². The lowest BCUT2D eigenvalue weighted by Crippen LogP contribution is -2.52. The van der Waals surface area contributed by atoms with E-state index in [4.69, 9.17) is 25.4 Å². The Bertz CT molecular complexity index is 1350. The van der Waals surface area contributed by atoms with Crippen molar-refractivity contribution in [3.8, 4) is 11.1 Å². The molecule has 0 unspecified atom stereocenters. The Hall–Kier alpha value is -3.29. The van der Waals surface area contributed by atoms with Crippen LogP contribution in [-0.2, 0) is 11.3 Å². The highest BCUT2D eigenvalue weighted by molar-refractivity contribution is 5.83. The second-order valence-electron chi connectivity index (χ2n) is 10.5. The number of imidazole rings is 1. The van der Waals surface area contributed by atoms with Gasteiger partial charge in [-0.15, -0.1) is 0 Å². The van der Waals surface area contributed by atoms with Crippen LogP contribution in [0, 0.1) is 5.41 Å². The molecule has 1 spiro atoms. The van der Waals surface area contributed by atoms with Gasteiger partial charge in [-0.1, -0.05) is 36.4 Å². The van der Waals surface area contributed by atoms with E-state index in [9.17, 15) is 0 Å². The maximum atomic E-state index is 6.05. The normalized spacial score (nSPS) is 21.7. The third-order valence-electron chi connectivity index (χ3n) is 8.23. The SMILES string of the molecule is NC1CC2(CCN(c3ncc(-c4ccc5nc6n(c5c4)[C@@H](c4ccccc4)COC6)cn3)CC2)C1. The first-order valence-corrected chi connectivity index (χ1v) is 12.6. The number of nitrogens with zero attached hydrogens (tertiary/aromatic N) is 5. The zero-order valence-corrected chi connectivity index (χ0v) is 19.8. The fourth-order valence-electron chi connectivity index (χ4n) is 6.30. The van der Waals surface area contributed by atoms with E-state index >= 15 is 0 Å². The summed E-state index contributed by atoms with van der Waals surface area (Å²) < 4.78 is 8.23.